The van der Waals surface area contributed by atoms with Gasteiger partial charge >= 0.3 is 0 Å². The summed E-state index contributed by atoms with van der Waals surface area (Å²) in [6.07, 6.45) is 1.28. The van der Waals surface area contributed by atoms with Gasteiger partial charge in [0.1, 0.15) is 11.8 Å². The Morgan fingerprint density at radius 3 is 2.23 bits per heavy atom. The molecule has 0 saturated carbocycles. The number of nitrogens with one attached hydrogen (secondary N) is 2. The number of fused-ring (bicyclic) bond motifs is 1. The van der Waals surface area contributed by atoms with Gasteiger partial charge in [-0.2, -0.15) is 4.98 Å². The fourth-order valence-corrected chi connectivity index (χ4v) is 5.81. The molecule has 4 N–H and O–H groups in total. The van der Waals surface area contributed by atoms with E-state index in [0.717, 1.165) is 16.7 Å². The molecule has 0 bridgehead atoms. The van der Waals surface area contributed by atoms with Crippen LogP contribution in [0.5, 0.6) is 0 Å². The quantitative estimate of drug-likeness (QED) is 0.185. The molecule has 9 nitrogen and oxygen atoms in total. The minimum absolute atomic E-state index is 0.246. The zero-order valence-corrected chi connectivity index (χ0v) is 25.7. The largest absolute Gasteiger partial charge is 0.358 e. The number of H-pyrrole nitrogens is 1. The molecule has 1 aliphatic rings. The van der Waals surface area contributed by atoms with Crippen molar-refractivity contribution in [1.82, 2.24) is 19.5 Å². The number of hydrogen-bond donors (Lipinski definition) is 3. The van der Waals surface area contributed by atoms with E-state index in [1.165, 1.54) is 11.1 Å². The van der Waals surface area contributed by atoms with E-state index >= 15 is 0 Å². The van der Waals surface area contributed by atoms with Gasteiger partial charge in [0.15, 0.2) is 11.2 Å². The zero-order chi connectivity index (χ0) is 30.8. The van der Waals surface area contributed by atoms with Gasteiger partial charge < -0.3 is 20.5 Å². The van der Waals surface area contributed by atoms with Crippen LogP contribution < -0.4 is 16.6 Å². The number of nitrogens with two attached hydrogens (primary N) is 1. The summed E-state index contributed by atoms with van der Waals surface area (Å²) >= 11 is 0. The lowest BCUT2D eigenvalue weighted by Gasteiger charge is -2.37. The fraction of sp³-hybridized carbons (Fsp3) is 0.343. The van der Waals surface area contributed by atoms with E-state index in [4.69, 9.17) is 15.2 Å². The molecule has 5 aromatic rings. The number of aryl methyl sites for hydroxylation is 2. The number of aromatic nitrogens is 4. The van der Waals surface area contributed by atoms with Gasteiger partial charge in [-0.25, -0.2) is 4.98 Å². The molecule has 44 heavy (non-hydrogen) atoms. The van der Waals surface area contributed by atoms with E-state index in [2.05, 4.69) is 109 Å². The highest BCUT2D eigenvalue weighted by atomic mass is 16.6. The molecule has 3 atom stereocenters. The third-order valence-corrected chi connectivity index (χ3v) is 8.26. The van der Waals surface area contributed by atoms with Gasteiger partial charge in [0.25, 0.3) is 5.56 Å². The van der Waals surface area contributed by atoms with E-state index in [1.807, 2.05) is 18.2 Å². The molecule has 228 valence electrons. The van der Waals surface area contributed by atoms with Crippen LogP contribution in [-0.4, -0.2) is 44.8 Å². The molecule has 3 heterocycles. The van der Waals surface area contributed by atoms with Crippen molar-refractivity contribution in [3.63, 3.8) is 0 Å². The van der Waals surface area contributed by atoms with E-state index in [9.17, 15) is 4.79 Å². The van der Waals surface area contributed by atoms with Crippen LogP contribution in [0.15, 0.2) is 90.0 Å². The number of imidazole rings is 1. The first-order valence-corrected chi connectivity index (χ1v) is 15.2. The molecule has 0 amide bonds. The summed E-state index contributed by atoms with van der Waals surface area (Å²) in [6, 6.07) is 27.0. The van der Waals surface area contributed by atoms with E-state index in [-0.39, 0.29) is 23.7 Å². The van der Waals surface area contributed by atoms with Crippen LogP contribution >= 0.6 is 0 Å². The number of nitrogens with zero attached hydrogens (tertiary/aromatic N) is 3. The zero-order valence-electron chi connectivity index (χ0n) is 25.7. The van der Waals surface area contributed by atoms with Crippen molar-refractivity contribution in [2.24, 2.45) is 11.7 Å². The van der Waals surface area contributed by atoms with Crippen molar-refractivity contribution < 1.29 is 9.47 Å². The fourth-order valence-electron chi connectivity index (χ4n) is 5.81. The van der Waals surface area contributed by atoms with Crippen LogP contribution in [0.3, 0.4) is 0 Å². The predicted octanol–water partition coefficient (Wildman–Crippen LogP) is 5.43. The molecule has 3 aromatic carbocycles. The number of benzene rings is 3. The highest BCUT2D eigenvalue weighted by Gasteiger charge is 2.41. The van der Waals surface area contributed by atoms with Crippen LogP contribution in [0.2, 0.25) is 0 Å². The molecule has 1 saturated heterocycles. The first kappa shape index (κ1) is 29.7. The summed E-state index contributed by atoms with van der Waals surface area (Å²) < 4.78 is 15.4. The summed E-state index contributed by atoms with van der Waals surface area (Å²) in [5.74, 6) is 0.796. The normalized spacial score (nSPS) is 18.7. The van der Waals surface area contributed by atoms with Crippen LogP contribution in [0.25, 0.3) is 11.2 Å². The maximum absolute atomic E-state index is 12.8. The third-order valence-electron chi connectivity index (χ3n) is 8.26. The average molecular weight is 593 g/mol. The third kappa shape index (κ3) is 5.78. The van der Waals surface area contributed by atoms with Crippen LogP contribution in [0.1, 0.15) is 54.3 Å². The molecule has 1 aliphatic heterocycles. The monoisotopic (exact) mass is 592 g/mol. The second-order valence-corrected chi connectivity index (χ2v) is 12.1. The molecule has 0 radical (unpaired) electrons. The molecule has 0 aliphatic carbocycles. The Kier molecular flexibility index (Phi) is 8.35. The van der Waals surface area contributed by atoms with Crippen molar-refractivity contribution in [2.45, 2.75) is 58.1 Å². The van der Waals surface area contributed by atoms with Crippen molar-refractivity contribution >= 4 is 17.1 Å². The summed E-state index contributed by atoms with van der Waals surface area (Å²) in [4.78, 5) is 24.5. The van der Waals surface area contributed by atoms with Gasteiger partial charge in [0.2, 0.25) is 5.95 Å². The Bertz CT molecular complexity index is 1720. The number of hydrogen-bond acceptors (Lipinski definition) is 7. The van der Waals surface area contributed by atoms with Gasteiger partial charge in [-0.05, 0) is 36.5 Å². The topological polar surface area (TPSA) is 120 Å². The predicted molar refractivity (Wildman–Crippen MR) is 173 cm³/mol. The lowest BCUT2D eigenvalue weighted by atomic mass is 9.79. The number of anilines is 1. The Hall–Kier alpha value is -4.31. The second-order valence-electron chi connectivity index (χ2n) is 12.1. The van der Waals surface area contributed by atoms with Crippen LogP contribution in [0, 0.1) is 19.8 Å². The van der Waals surface area contributed by atoms with Crippen LogP contribution in [0.4, 0.5) is 5.95 Å². The molecular formula is C35H40N6O3. The summed E-state index contributed by atoms with van der Waals surface area (Å²) in [5, 5.41) is 3.20. The molecule has 0 unspecified atom stereocenters. The summed E-state index contributed by atoms with van der Waals surface area (Å²) in [6.45, 7) is 9.27. The highest BCUT2D eigenvalue weighted by Crippen LogP contribution is 2.42. The smallest absolute Gasteiger partial charge is 0.280 e. The Balaban J connectivity index is 1.32. The van der Waals surface area contributed by atoms with Crippen molar-refractivity contribution in [1.29, 1.82) is 0 Å². The lowest BCUT2D eigenvalue weighted by molar-refractivity contribution is -0.0779. The lowest BCUT2D eigenvalue weighted by Crippen LogP contribution is -2.40. The second kappa shape index (κ2) is 12.4. The van der Waals surface area contributed by atoms with Crippen molar-refractivity contribution in [2.75, 3.05) is 18.5 Å². The number of rotatable bonds is 10. The van der Waals surface area contributed by atoms with Gasteiger partial charge in [-0.3, -0.25) is 14.3 Å². The summed E-state index contributed by atoms with van der Waals surface area (Å²) in [7, 11) is 0. The Morgan fingerprint density at radius 2 is 1.61 bits per heavy atom. The molecule has 1 fully saturated rings. The molecule has 2 aromatic heterocycles. The Labute approximate surface area is 257 Å². The maximum atomic E-state index is 12.8. The van der Waals surface area contributed by atoms with Crippen molar-refractivity contribution in [3.05, 3.63) is 123 Å². The van der Waals surface area contributed by atoms with Gasteiger partial charge in [-0.1, -0.05) is 104 Å². The maximum Gasteiger partial charge on any atom is 0.280 e. The highest BCUT2D eigenvalue weighted by molar-refractivity contribution is 5.71. The van der Waals surface area contributed by atoms with Gasteiger partial charge in [-0.15, -0.1) is 0 Å². The molecule has 9 heteroatoms. The SMILES string of the molecule is Cc1ccc(C(OC[C@H]2O[C@@H](n3cnc4c(=O)[nH]c(NCC(C)C)nc43)C[C@@H]2N)(c2ccccc2)c2ccc(C)cc2)cc1. The molecular weight excluding hydrogens is 552 g/mol. The molecule has 6 rings (SSSR count). The van der Waals surface area contributed by atoms with E-state index in [0.29, 0.717) is 30.5 Å². The van der Waals surface area contributed by atoms with E-state index < -0.39 is 17.9 Å². The van der Waals surface area contributed by atoms with E-state index in [1.54, 1.807) is 10.9 Å². The number of ether oxygens (including phenoxy) is 2. The van der Waals surface area contributed by atoms with Gasteiger partial charge in [0.05, 0.1) is 19.0 Å². The average Bonchev–Trinajstić information content (AvgIpc) is 3.62. The number of aromatic amines is 1. The first-order chi connectivity index (χ1) is 21.2. The summed E-state index contributed by atoms with van der Waals surface area (Å²) in [5.41, 5.74) is 11.6. The standard InChI is InChI=1S/C35H40N6O3/c1-22(2)19-37-34-39-32-31(33(42)40-34)38-21-41(32)30-18-28(36)29(44-30)20-43-35(25-8-6-5-7-9-25,26-14-10-23(3)11-15-26)27-16-12-24(4)13-17-27/h5-17,21-22,28-30H,18-20,36H2,1-4H3,(H2,37,39,40,42)/t28-,29+,30+/m0/s1. The van der Waals surface area contributed by atoms with Crippen LogP contribution in [-0.2, 0) is 15.1 Å². The minimum Gasteiger partial charge on any atom is -0.358 e. The first-order valence-electron chi connectivity index (χ1n) is 15.2. The Morgan fingerprint density at radius 1 is 1.00 bits per heavy atom. The molecule has 0 spiro atoms. The van der Waals surface area contributed by atoms with Gasteiger partial charge in [0, 0.05) is 19.0 Å². The minimum atomic E-state index is -0.892. The van der Waals surface area contributed by atoms with Crippen molar-refractivity contribution in [3.8, 4) is 0 Å².